The molecule has 0 aliphatic heterocycles. The average molecular weight is 144 g/mol. The molecular weight excluding hydrogens is 136 g/mol. The van der Waals surface area contributed by atoms with Gasteiger partial charge in [-0.25, -0.2) is 0 Å². The van der Waals surface area contributed by atoms with Gasteiger partial charge in [-0.05, 0) is 24.3 Å². The summed E-state index contributed by atoms with van der Waals surface area (Å²) in [6.45, 7) is 0. The number of hydrogen-bond acceptors (Lipinski definition) is 1. The third-order valence-electron chi connectivity index (χ3n) is 1.55. The van der Waals surface area contributed by atoms with Crippen LogP contribution in [0.25, 0.3) is 5.69 Å². The molecule has 0 atom stereocenters. The number of aromatic nitrogens is 2. The van der Waals surface area contributed by atoms with E-state index in [1.165, 1.54) is 0 Å². The van der Waals surface area contributed by atoms with Crippen molar-refractivity contribution < 1.29 is 0 Å². The first-order valence-corrected chi connectivity index (χ1v) is 3.50. The highest BCUT2D eigenvalue weighted by Gasteiger charge is 1.89. The molecule has 0 fully saturated rings. The Labute approximate surface area is 65.1 Å². The number of nitrogens with zero attached hydrogens (tertiary/aromatic N) is 2. The Morgan fingerprint density at radius 3 is 2.55 bits per heavy atom. The van der Waals surface area contributed by atoms with E-state index in [0.29, 0.717) is 0 Å². The molecule has 0 aliphatic carbocycles. The first kappa shape index (κ1) is 6.16. The van der Waals surface area contributed by atoms with Crippen molar-refractivity contribution in [3.05, 3.63) is 49.1 Å². The van der Waals surface area contributed by atoms with Crippen LogP contribution in [0.1, 0.15) is 0 Å². The average Bonchev–Trinajstić information content (AvgIpc) is 2.58. The Hall–Kier alpha value is -1.57. The zero-order valence-electron chi connectivity index (χ0n) is 6.01. The molecule has 0 radical (unpaired) electrons. The molecule has 0 saturated carbocycles. The highest BCUT2D eigenvalue weighted by molar-refractivity contribution is 5.28. The van der Waals surface area contributed by atoms with E-state index < -0.39 is 0 Å². The standard InChI is InChI=1S/C9H8N2/c1-2-7-11(6-1)9-4-3-5-10-8-9/h1-8H. The van der Waals surface area contributed by atoms with Crippen molar-refractivity contribution in [1.82, 2.24) is 9.55 Å². The van der Waals surface area contributed by atoms with Crippen molar-refractivity contribution in [3.63, 3.8) is 0 Å². The van der Waals surface area contributed by atoms with Crippen LogP contribution >= 0.6 is 0 Å². The van der Waals surface area contributed by atoms with Gasteiger partial charge < -0.3 is 4.57 Å². The van der Waals surface area contributed by atoms with Crippen LogP contribution < -0.4 is 0 Å². The van der Waals surface area contributed by atoms with Crippen LogP contribution in [0, 0.1) is 0 Å². The summed E-state index contributed by atoms with van der Waals surface area (Å²) in [7, 11) is 0. The monoisotopic (exact) mass is 144 g/mol. The first-order valence-electron chi connectivity index (χ1n) is 3.50. The van der Waals surface area contributed by atoms with Gasteiger partial charge in [-0.1, -0.05) is 0 Å². The van der Waals surface area contributed by atoms with Gasteiger partial charge in [-0.2, -0.15) is 0 Å². The zero-order valence-corrected chi connectivity index (χ0v) is 6.01. The van der Waals surface area contributed by atoms with Crippen LogP contribution in [0.5, 0.6) is 0 Å². The molecule has 2 rings (SSSR count). The molecule has 2 aromatic heterocycles. The van der Waals surface area contributed by atoms with Crippen molar-refractivity contribution >= 4 is 0 Å². The van der Waals surface area contributed by atoms with E-state index in [0.717, 1.165) is 5.69 Å². The maximum Gasteiger partial charge on any atom is 0.0633 e. The molecule has 0 aromatic carbocycles. The molecule has 0 aliphatic rings. The summed E-state index contributed by atoms with van der Waals surface area (Å²) in [4.78, 5) is 4.02. The predicted octanol–water partition coefficient (Wildman–Crippen LogP) is 1.87. The van der Waals surface area contributed by atoms with E-state index in [9.17, 15) is 0 Å². The van der Waals surface area contributed by atoms with Gasteiger partial charge in [0.15, 0.2) is 0 Å². The molecule has 0 saturated heterocycles. The highest BCUT2D eigenvalue weighted by Crippen LogP contribution is 2.03. The van der Waals surface area contributed by atoms with Gasteiger partial charge in [0.1, 0.15) is 0 Å². The lowest BCUT2D eigenvalue weighted by atomic mass is 10.4. The molecule has 0 N–H and O–H groups in total. The molecule has 2 heteroatoms. The summed E-state index contributed by atoms with van der Waals surface area (Å²) in [5, 5.41) is 0. The summed E-state index contributed by atoms with van der Waals surface area (Å²) in [6, 6.07) is 7.93. The fraction of sp³-hybridized carbons (Fsp3) is 0. The van der Waals surface area contributed by atoms with Gasteiger partial charge in [0.25, 0.3) is 0 Å². The van der Waals surface area contributed by atoms with Gasteiger partial charge in [0.2, 0.25) is 0 Å². The summed E-state index contributed by atoms with van der Waals surface area (Å²) in [6.07, 6.45) is 7.60. The molecule has 54 valence electrons. The van der Waals surface area contributed by atoms with Gasteiger partial charge in [-0.3, -0.25) is 4.98 Å². The fourth-order valence-electron chi connectivity index (χ4n) is 1.01. The molecule has 11 heavy (non-hydrogen) atoms. The van der Waals surface area contributed by atoms with Crippen molar-refractivity contribution in [3.8, 4) is 5.69 Å². The summed E-state index contributed by atoms with van der Waals surface area (Å²) >= 11 is 0. The Bertz CT molecular complexity index is 311. The largest absolute Gasteiger partial charge is 0.322 e. The summed E-state index contributed by atoms with van der Waals surface area (Å²) in [5.74, 6) is 0. The molecule has 2 nitrogen and oxygen atoms in total. The van der Waals surface area contributed by atoms with Crippen LogP contribution in [0.2, 0.25) is 0 Å². The molecule has 0 bridgehead atoms. The molecule has 2 aromatic rings. The quantitative estimate of drug-likeness (QED) is 0.597. The Morgan fingerprint density at radius 1 is 1.09 bits per heavy atom. The highest BCUT2D eigenvalue weighted by atomic mass is 14.9. The van der Waals surface area contributed by atoms with E-state index in [4.69, 9.17) is 0 Å². The molecule has 0 unspecified atom stereocenters. The van der Waals surface area contributed by atoms with Crippen LogP contribution in [0.15, 0.2) is 49.1 Å². The SMILES string of the molecule is c1cncc(-n2cccc2)c1. The van der Waals surface area contributed by atoms with Crippen LogP contribution in [-0.2, 0) is 0 Å². The summed E-state index contributed by atoms with van der Waals surface area (Å²) < 4.78 is 2.02. The predicted molar refractivity (Wildman–Crippen MR) is 43.6 cm³/mol. The Kier molecular flexibility index (Phi) is 1.44. The second kappa shape index (κ2) is 2.58. The lowest BCUT2D eigenvalue weighted by Gasteiger charge is -1.98. The third kappa shape index (κ3) is 1.15. The first-order chi connectivity index (χ1) is 5.47. The topological polar surface area (TPSA) is 17.8 Å². The summed E-state index contributed by atoms with van der Waals surface area (Å²) in [5.41, 5.74) is 1.09. The minimum absolute atomic E-state index is 1.09. The van der Waals surface area contributed by atoms with Gasteiger partial charge >= 0.3 is 0 Å². The Balaban J connectivity index is 2.46. The van der Waals surface area contributed by atoms with Gasteiger partial charge in [-0.15, -0.1) is 0 Å². The van der Waals surface area contributed by atoms with E-state index in [1.807, 2.05) is 47.4 Å². The maximum atomic E-state index is 4.02. The fourth-order valence-corrected chi connectivity index (χ4v) is 1.01. The lowest BCUT2D eigenvalue weighted by molar-refractivity contribution is 1.06. The van der Waals surface area contributed by atoms with Crippen molar-refractivity contribution in [2.45, 2.75) is 0 Å². The van der Waals surface area contributed by atoms with E-state index in [2.05, 4.69) is 4.98 Å². The van der Waals surface area contributed by atoms with Crippen LogP contribution in [0.3, 0.4) is 0 Å². The van der Waals surface area contributed by atoms with Crippen molar-refractivity contribution in [2.75, 3.05) is 0 Å². The maximum absolute atomic E-state index is 4.02. The number of pyridine rings is 1. The van der Waals surface area contributed by atoms with Crippen LogP contribution in [0.4, 0.5) is 0 Å². The normalized spacial score (nSPS) is 9.82. The second-order valence-electron chi connectivity index (χ2n) is 2.30. The minimum Gasteiger partial charge on any atom is -0.322 e. The molecule has 2 heterocycles. The molecular formula is C9H8N2. The van der Waals surface area contributed by atoms with E-state index >= 15 is 0 Å². The van der Waals surface area contributed by atoms with Crippen LogP contribution in [-0.4, -0.2) is 9.55 Å². The van der Waals surface area contributed by atoms with Crippen molar-refractivity contribution in [2.24, 2.45) is 0 Å². The van der Waals surface area contributed by atoms with Gasteiger partial charge in [0.05, 0.1) is 11.9 Å². The molecule has 0 amide bonds. The van der Waals surface area contributed by atoms with E-state index in [1.54, 1.807) is 6.20 Å². The number of rotatable bonds is 1. The zero-order chi connectivity index (χ0) is 7.52. The van der Waals surface area contributed by atoms with E-state index in [-0.39, 0.29) is 0 Å². The van der Waals surface area contributed by atoms with Crippen molar-refractivity contribution in [1.29, 1.82) is 0 Å². The molecule has 0 spiro atoms. The van der Waals surface area contributed by atoms with Gasteiger partial charge in [0, 0.05) is 18.6 Å². The Morgan fingerprint density at radius 2 is 1.91 bits per heavy atom. The smallest absolute Gasteiger partial charge is 0.0633 e. The minimum atomic E-state index is 1.09. The second-order valence-corrected chi connectivity index (χ2v) is 2.30. The lowest BCUT2D eigenvalue weighted by Crippen LogP contribution is -1.88. The third-order valence-corrected chi connectivity index (χ3v) is 1.55. The number of hydrogen-bond donors (Lipinski definition) is 0.